The SMILES string of the molecule is CC/C=C\C/C=C\C/C=C\C/C=C\C/C=C\C/C=C\CCCCCCCCCCC(=O)OCC(COC(=O)CCCCCCCCCCCC)OC(=O)CCCCCCCCC/C=C\C/C=C\C/C=C\CC. The van der Waals surface area contributed by atoms with Crippen LogP contribution in [-0.4, -0.2) is 37.2 Å². The molecule has 0 heterocycles. The Hall–Kier alpha value is -3.93. The van der Waals surface area contributed by atoms with E-state index in [0.29, 0.717) is 19.3 Å². The van der Waals surface area contributed by atoms with Crippen molar-refractivity contribution in [3.05, 3.63) is 109 Å². The monoisotopic (exact) mass is 999 g/mol. The third kappa shape index (κ3) is 57.0. The number of unbranched alkanes of at least 4 members (excludes halogenated alkanes) is 24. The van der Waals surface area contributed by atoms with E-state index in [9.17, 15) is 14.4 Å². The average Bonchev–Trinajstić information content (AvgIpc) is 3.38. The first-order chi connectivity index (χ1) is 35.5. The second kappa shape index (κ2) is 59.6. The van der Waals surface area contributed by atoms with Crippen LogP contribution >= 0.6 is 0 Å². The highest BCUT2D eigenvalue weighted by atomic mass is 16.6. The molecule has 0 saturated carbocycles. The van der Waals surface area contributed by atoms with Gasteiger partial charge in [0.15, 0.2) is 6.10 Å². The molecular formula is C66H110O6. The minimum atomic E-state index is -0.787. The zero-order chi connectivity index (χ0) is 52.2. The lowest BCUT2D eigenvalue weighted by Gasteiger charge is -2.18. The number of ether oxygens (including phenoxy) is 3. The van der Waals surface area contributed by atoms with Gasteiger partial charge in [0.25, 0.3) is 0 Å². The van der Waals surface area contributed by atoms with Gasteiger partial charge >= 0.3 is 17.9 Å². The van der Waals surface area contributed by atoms with Gasteiger partial charge in [0.05, 0.1) is 0 Å². The molecule has 0 aromatic carbocycles. The van der Waals surface area contributed by atoms with E-state index in [1.54, 1.807) is 0 Å². The van der Waals surface area contributed by atoms with Crippen LogP contribution < -0.4 is 0 Å². The molecule has 72 heavy (non-hydrogen) atoms. The maximum atomic E-state index is 12.9. The zero-order valence-corrected chi connectivity index (χ0v) is 46.9. The summed E-state index contributed by atoms with van der Waals surface area (Å²) in [6.45, 7) is 6.39. The second-order valence-electron chi connectivity index (χ2n) is 19.5. The average molecular weight is 1000 g/mol. The summed E-state index contributed by atoms with van der Waals surface area (Å²) >= 11 is 0. The summed E-state index contributed by atoms with van der Waals surface area (Å²) in [7, 11) is 0. The molecular weight excluding hydrogens is 889 g/mol. The number of carbonyl (C=O) groups excluding carboxylic acids is 3. The van der Waals surface area contributed by atoms with E-state index in [1.807, 2.05) is 0 Å². The van der Waals surface area contributed by atoms with Crippen LogP contribution in [0.25, 0.3) is 0 Å². The van der Waals surface area contributed by atoms with Crippen LogP contribution in [0.1, 0.15) is 271 Å². The Morgan fingerprint density at radius 3 is 0.847 bits per heavy atom. The van der Waals surface area contributed by atoms with Crippen molar-refractivity contribution in [3.63, 3.8) is 0 Å². The van der Waals surface area contributed by atoms with Crippen LogP contribution in [-0.2, 0) is 28.6 Å². The summed E-state index contributed by atoms with van der Waals surface area (Å²) in [5.41, 5.74) is 0. The summed E-state index contributed by atoms with van der Waals surface area (Å²) in [6.07, 6.45) is 80.9. The summed E-state index contributed by atoms with van der Waals surface area (Å²) in [4.78, 5) is 38.1. The fourth-order valence-corrected chi connectivity index (χ4v) is 8.11. The maximum absolute atomic E-state index is 12.9. The van der Waals surface area contributed by atoms with E-state index >= 15 is 0 Å². The van der Waals surface area contributed by atoms with Gasteiger partial charge in [0.1, 0.15) is 13.2 Å². The number of allylic oxidation sites excluding steroid dienone is 18. The summed E-state index contributed by atoms with van der Waals surface area (Å²) < 4.78 is 16.8. The van der Waals surface area contributed by atoms with Crippen molar-refractivity contribution in [2.24, 2.45) is 0 Å². The molecule has 0 aliphatic carbocycles. The molecule has 0 radical (unpaired) electrons. The molecule has 0 aromatic rings. The van der Waals surface area contributed by atoms with Gasteiger partial charge in [0, 0.05) is 19.3 Å². The summed E-state index contributed by atoms with van der Waals surface area (Å²) in [6, 6.07) is 0. The molecule has 1 atom stereocenters. The molecule has 0 bridgehead atoms. The molecule has 0 amide bonds. The molecule has 410 valence electrons. The fourth-order valence-electron chi connectivity index (χ4n) is 8.11. The van der Waals surface area contributed by atoms with E-state index < -0.39 is 6.10 Å². The Morgan fingerprint density at radius 1 is 0.292 bits per heavy atom. The lowest BCUT2D eigenvalue weighted by atomic mass is 10.1. The van der Waals surface area contributed by atoms with Crippen molar-refractivity contribution in [1.29, 1.82) is 0 Å². The van der Waals surface area contributed by atoms with Crippen molar-refractivity contribution in [3.8, 4) is 0 Å². The quantitative estimate of drug-likeness (QED) is 0.0261. The number of hydrogen-bond acceptors (Lipinski definition) is 6. The van der Waals surface area contributed by atoms with Gasteiger partial charge in [-0.2, -0.15) is 0 Å². The minimum absolute atomic E-state index is 0.0838. The van der Waals surface area contributed by atoms with Crippen molar-refractivity contribution < 1.29 is 28.6 Å². The van der Waals surface area contributed by atoms with E-state index in [0.717, 1.165) is 128 Å². The number of rotatable bonds is 53. The first kappa shape index (κ1) is 68.1. The standard InChI is InChI=1S/C66H110O6/c1-4-7-10-13-16-19-22-24-26-28-29-30-31-32-33-34-35-36-37-39-40-42-44-47-50-53-56-59-65(68)71-62-63(61-70-64(67)58-55-52-49-46-21-18-15-12-9-6-3)72-66(69)60-57-54-51-48-45-43-41-38-27-25-23-20-17-14-11-8-5-2/h7-8,10-11,16-17,19-20,24-27,29-30,32-33,35-36,63H,4-6,9,12-15,18,21-23,28,31,34,37-62H2,1-3H3/b10-7-,11-8-,19-16-,20-17-,26-24-,27-25-,30-29-,33-32-,36-35-. The highest BCUT2D eigenvalue weighted by Gasteiger charge is 2.19. The van der Waals surface area contributed by atoms with Gasteiger partial charge in [-0.15, -0.1) is 0 Å². The van der Waals surface area contributed by atoms with E-state index in [-0.39, 0.29) is 31.1 Å². The molecule has 6 nitrogen and oxygen atoms in total. The van der Waals surface area contributed by atoms with Gasteiger partial charge in [-0.25, -0.2) is 0 Å². The zero-order valence-electron chi connectivity index (χ0n) is 46.9. The lowest BCUT2D eigenvalue weighted by Crippen LogP contribution is -2.30. The number of hydrogen-bond donors (Lipinski definition) is 0. The third-order valence-electron chi connectivity index (χ3n) is 12.5. The Morgan fingerprint density at radius 2 is 0.542 bits per heavy atom. The van der Waals surface area contributed by atoms with Gasteiger partial charge < -0.3 is 14.2 Å². The van der Waals surface area contributed by atoms with Gasteiger partial charge in [-0.1, -0.05) is 259 Å². The van der Waals surface area contributed by atoms with Crippen molar-refractivity contribution >= 4 is 17.9 Å². The van der Waals surface area contributed by atoms with Crippen LogP contribution in [0, 0.1) is 0 Å². The predicted molar refractivity (Wildman–Crippen MR) is 311 cm³/mol. The topological polar surface area (TPSA) is 78.9 Å². The Bertz CT molecular complexity index is 1470. The minimum Gasteiger partial charge on any atom is -0.462 e. The van der Waals surface area contributed by atoms with Crippen LogP contribution in [0.2, 0.25) is 0 Å². The largest absolute Gasteiger partial charge is 0.462 e. The van der Waals surface area contributed by atoms with Gasteiger partial charge in [-0.05, 0) is 103 Å². The van der Waals surface area contributed by atoms with E-state index in [2.05, 4.69) is 130 Å². The Balaban J connectivity index is 4.29. The van der Waals surface area contributed by atoms with Crippen molar-refractivity contribution in [2.45, 2.75) is 277 Å². The van der Waals surface area contributed by atoms with Crippen LogP contribution in [0.15, 0.2) is 109 Å². The second-order valence-corrected chi connectivity index (χ2v) is 19.5. The molecule has 0 saturated heterocycles. The molecule has 0 aliphatic heterocycles. The highest BCUT2D eigenvalue weighted by molar-refractivity contribution is 5.71. The lowest BCUT2D eigenvalue weighted by molar-refractivity contribution is -0.167. The molecule has 0 aliphatic rings. The molecule has 0 spiro atoms. The number of carbonyl (C=O) groups is 3. The van der Waals surface area contributed by atoms with Crippen LogP contribution in [0.4, 0.5) is 0 Å². The third-order valence-corrected chi connectivity index (χ3v) is 12.5. The summed E-state index contributed by atoms with van der Waals surface area (Å²) in [5.74, 6) is -0.901. The Labute approximate surface area is 444 Å². The van der Waals surface area contributed by atoms with Crippen LogP contribution in [0.5, 0.6) is 0 Å². The molecule has 0 rings (SSSR count). The molecule has 0 fully saturated rings. The molecule has 0 aromatic heterocycles. The van der Waals surface area contributed by atoms with E-state index in [4.69, 9.17) is 14.2 Å². The van der Waals surface area contributed by atoms with Crippen LogP contribution in [0.3, 0.4) is 0 Å². The van der Waals surface area contributed by atoms with Crippen molar-refractivity contribution in [1.82, 2.24) is 0 Å². The first-order valence-corrected chi connectivity index (χ1v) is 29.9. The normalized spacial score (nSPS) is 12.9. The summed E-state index contributed by atoms with van der Waals surface area (Å²) in [5, 5.41) is 0. The smallest absolute Gasteiger partial charge is 0.306 e. The van der Waals surface area contributed by atoms with Crippen molar-refractivity contribution in [2.75, 3.05) is 13.2 Å². The molecule has 6 heteroatoms. The van der Waals surface area contributed by atoms with Gasteiger partial charge in [-0.3, -0.25) is 14.4 Å². The first-order valence-electron chi connectivity index (χ1n) is 29.9. The Kier molecular flexibility index (Phi) is 56.4. The molecule has 0 N–H and O–H groups in total. The number of esters is 3. The van der Waals surface area contributed by atoms with Gasteiger partial charge in [0.2, 0.25) is 0 Å². The highest BCUT2D eigenvalue weighted by Crippen LogP contribution is 2.15. The van der Waals surface area contributed by atoms with E-state index in [1.165, 1.54) is 103 Å². The predicted octanol–water partition coefficient (Wildman–Crippen LogP) is 20.3. The maximum Gasteiger partial charge on any atom is 0.306 e. The fraction of sp³-hybridized carbons (Fsp3) is 0.682. The molecule has 1 unspecified atom stereocenters.